The quantitative estimate of drug-likeness (QED) is 0.741. The normalized spacial score (nSPS) is 10.6. The maximum atomic E-state index is 11.2. The van der Waals surface area contributed by atoms with Gasteiger partial charge in [0.15, 0.2) is 0 Å². The average Bonchev–Trinajstić information content (AvgIpc) is 2.62. The summed E-state index contributed by atoms with van der Waals surface area (Å²) < 4.78 is 1.81. The third-order valence-electron chi connectivity index (χ3n) is 3.39. The number of hydrogen-bond donors (Lipinski definition) is 3. The molecule has 1 aromatic carbocycles. The summed E-state index contributed by atoms with van der Waals surface area (Å²) in [4.78, 5) is 11.2. The Labute approximate surface area is 117 Å². The number of nitrogens with two attached hydrogens (primary N) is 1. The maximum absolute atomic E-state index is 11.2. The van der Waals surface area contributed by atoms with Crippen LogP contribution in [-0.4, -0.2) is 20.9 Å². The van der Waals surface area contributed by atoms with Crippen LogP contribution in [0.15, 0.2) is 18.2 Å². The van der Waals surface area contributed by atoms with E-state index in [0.29, 0.717) is 17.9 Å². The minimum atomic E-state index is -1.00. The number of hydrogen-bond acceptors (Lipinski definition) is 4. The molecule has 0 atom stereocenters. The molecule has 106 valence electrons. The van der Waals surface area contributed by atoms with E-state index in [1.54, 1.807) is 12.1 Å². The van der Waals surface area contributed by atoms with Gasteiger partial charge in [0, 0.05) is 36.2 Å². The van der Waals surface area contributed by atoms with E-state index >= 15 is 0 Å². The molecule has 0 spiro atoms. The zero-order valence-electron chi connectivity index (χ0n) is 11.8. The zero-order chi connectivity index (χ0) is 14.9. The lowest BCUT2D eigenvalue weighted by molar-refractivity contribution is 0.0698. The van der Waals surface area contributed by atoms with Crippen molar-refractivity contribution in [1.29, 1.82) is 0 Å². The lowest BCUT2D eigenvalue weighted by Crippen LogP contribution is -2.08. The fraction of sp³-hybridized carbons (Fsp3) is 0.286. The highest BCUT2D eigenvalue weighted by atomic mass is 16.4. The van der Waals surface area contributed by atoms with Crippen molar-refractivity contribution in [3.05, 3.63) is 40.7 Å². The standard InChI is InChI=1S/C14H18N4O2/c1-8-12(9(2)18(3)17-8)7-16-13-5-4-10(15)6-11(13)14(19)20/h4-6,16H,7,15H2,1-3H3,(H,19,20). The van der Waals surface area contributed by atoms with Crippen molar-refractivity contribution in [1.82, 2.24) is 9.78 Å². The molecular formula is C14H18N4O2. The lowest BCUT2D eigenvalue weighted by atomic mass is 10.1. The van der Waals surface area contributed by atoms with E-state index in [1.807, 2.05) is 25.6 Å². The molecule has 0 fully saturated rings. The average molecular weight is 274 g/mol. The summed E-state index contributed by atoms with van der Waals surface area (Å²) in [6.07, 6.45) is 0. The summed E-state index contributed by atoms with van der Waals surface area (Å²) >= 11 is 0. The Morgan fingerprint density at radius 3 is 2.70 bits per heavy atom. The summed E-state index contributed by atoms with van der Waals surface area (Å²) in [6.45, 7) is 4.44. The van der Waals surface area contributed by atoms with Crippen molar-refractivity contribution >= 4 is 17.3 Å². The molecule has 6 heteroatoms. The monoisotopic (exact) mass is 274 g/mol. The fourth-order valence-corrected chi connectivity index (χ4v) is 2.15. The number of nitrogens with zero attached hydrogens (tertiary/aromatic N) is 2. The molecule has 0 aliphatic rings. The Morgan fingerprint density at radius 2 is 2.15 bits per heavy atom. The molecule has 0 amide bonds. The van der Waals surface area contributed by atoms with E-state index < -0.39 is 5.97 Å². The Bertz CT molecular complexity index is 661. The van der Waals surface area contributed by atoms with Crippen molar-refractivity contribution in [3.8, 4) is 0 Å². The number of aromatic carboxylic acids is 1. The number of carboxylic acids is 1. The van der Waals surface area contributed by atoms with Gasteiger partial charge in [-0.05, 0) is 32.0 Å². The number of benzene rings is 1. The summed E-state index contributed by atoms with van der Waals surface area (Å²) in [7, 11) is 1.89. The fourth-order valence-electron chi connectivity index (χ4n) is 2.15. The van der Waals surface area contributed by atoms with Gasteiger partial charge in [0.25, 0.3) is 0 Å². The molecule has 1 aromatic heterocycles. The van der Waals surface area contributed by atoms with Crippen LogP contribution in [0.2, 0.25) is 0 Å². The molecule has 4 N–H and O–H groups in total. The van der Waals surface area contributed by atoms with E-state index in [1.165, 1.54) is 6.07 Å². The van der Waals surface area contributed by atoms with Gasteiger partial charge in [-0.15, -0.1) is 0 Å². The Morgan fingerprint density at radius 1 is 1.45 bits per heavy atom. The Kier molecular flexibility index (Phi) is 3.65. The number of aryl methyl sites for hydroxylation is 2. The molecule has 2 rings (SSSR count). The molecule has 0 saturated heterocycles. The predicted octanol–water partition coefficient (Wildman–Crippen LogP) is 1.93. The third-order valence-corrected chi connectivity index (χ3v) is 3.39. The van der Waals surface area contributed by atoms with Crippen LogP contribution in [0.1, 0.15) is 27.3 Å². The van der Waals surface area contributed by atoms with Crippen LogP contribution in [-0.2, 0) is 13.6 Å². The third kappa shape index (κ3) is 2.59. The summed E-state index contributed by atoms with van der Waals surface area (Å²) in [5.41, 5.74) is 9.84. The minimum absolute atomic E-state index is 0.171. The number of nitrogen functional groups attached to an aromatic ring is 1. The van der Waals surface area contributed by atoms with Crippen molar-refractivity contribution in [2.75, 3.05) is 11.1 Å². The Balaban J connectivity index is 2.25. The van der Waals surface area contributed by atoms with E-state index in [4.69, 9.17) is 5.73 Å². The molecule has 0 unspecified atom stereocenters. The Hall–Kier alpha value is -2.50. The largest absolute Gasteiger partial charge is 0.478 e. The predicted molar refractivity (Wildman–Crippen MR) is 77.8 cm³/mol. The van der Waals surface area contributed by atoms with Crippen molar-refractivity contribution in [2.24, 2.45) is 7.05 Å². The second kappa shape index (κ2) is 5.24. The van der Waals surface area contributed by atoms with Crippen molar-refractivity contribution in [2.45, 2.75) is 20.4 Å². The van der Waals surface area contributed by atoms with Gasteiger partial charge in [-0.25, -0.2) is 4.79 Å². The van der Waals surface area contributed by atoms with Crippen LogP contribution in [0.4, 0.5) is 11.4 Å². The van der Waals surface area contributed by atoms with Crippen LogP contribution < -0.4 is 11.1 Å². The zero-order valence-corrected chi connectivity index (χ0v) is 11.8. The van der Waals surface area contributed by atoms with Crippen LogP contribution in [0.3, 0.4) is 0 Å². The molecule has 0 aliphatic heterocycles. The first-order valence-electron chi connectivity index (χ1n) is 6.26. The number of carboxylic acid groups (broad SMARTS) is 1. The number of anilines is 2. The highest BCUT2D eigenvalue weighted by Gasteiger charge is 2.13. The summed E-state index contributed by atoms with van der Waals surface area (Å²) in [6, 6.07) is 4.81. The van der Waals surface area contributed by atoms with E-state index in [9.17, 15) is 9.90 Å². The highest BCUT2D eigenvalue weighted by molar-refractivity contribution is 5.95. The first kappa shape index (κ1) is 13.9. The smallest absolute Gasteiger partial charge is 0.337 e. The summed E-state index contributed by atoms with van der Waals surface area (Å²) in [5.74, 6) is -1.00. The van der Waals surface area contributed by atoms with Crippen molar-refractivity contribution < 1.29 is 9.90 Å². The number of carbonyl (C=O) groups is 1. The second-order valence-electron chi connectivity index (χ2n) is 4.74. The molecule has 2 aromatic rings. The maximum Gasteiger partial charge on any atom is 0.337 e. The van der Waals surface area contributed by atoms with E-state index in [2.05, 4.69) is 10.4 Å². The second-order valence-corrected chi connectivity index (χ2v) is 4.74. The highest BCUT2D eigenvalue weighted by Crippen LogP contribution is 2.21. The van der Waals surface area contributed by atoms with Gasteiger partial charge in [-0.2, -0.15) is 5.10 Å². The van der Waals surface area contributed by atoms with Gasteiger partial charge < -0.3 is 16.2 Å². The van der Waals surface area contributed by atoms with Gasteiger partial charge in [0.1, 0.15) is 0 Å². The summed E-state index contributed by atoms with van der Waals surface area (Å²) in [5, 5.41) is 16.7. The number of nitrogens with one attached hydrogen (secondary N) is 1. The molecule has 20 heavy (non-hydrogen) atoms. The molecule has 0 radical (unpaired) electrons. The first-order chi connectivity index (χ1) is 9.40. The van der Waals surface area contributed by atoms with E-state index in [-0.39, 0.29) is 5.56 Å². The van der Waals surface area contributed by atoms with Gasteiger partial charge in [0.05, 0.1) is 11.3 Å². The number of aromatic nitrogens is 2. The van der Waals surface area contributed by atoms with Gasteiger partial charge in [-0.3, -0.25) is 4.68 Å². The van der Waals surface area contributed by atoms with E-state index in [0.717, 1.165) is 17.0 Å². The molecule has 0 saturated carbocycles. The van der Waals surface area contributed by atoms with Crippen LogP contribution in [0.25, 0.3) is 0 Å². The van der Waals surface area contributed by atoms with Crippen LogP contribution >= 0.6 is 0 Å². The SMILES string of the molecule is Cc1nn(C)c(C)c1CNc1ccc(N)cc1C(=O)O. The molecule has 0 aliphatic carbocycles. The molecule has 0 bridgehead atoms. The van der Waals surface area contributed by atoms with Gasteiger partial charge in [0.2, 0.25) is 0 Å². The molecular weight excluding hydrogens is 256 g/mol. The lowest BCUT2D eigenvalue weighted by Gasteiger charge is -2.10. The number of rotatable bonds is 4. The van der Waals surface area contributed by atoms with Crippen LogP contribution in [0.5, 0.6) is 0 Å². The van der Waals surface area contributed by atoms with Crippen LogP contribution in [0, 0.1) is 13.8 Å². The molecule has 1 heterocycles. The minimum Gasteiger partial charge on any atom is -0.478 e. The van der Waals surface area contributed by atoms with Gasteiger partial charge >= 0.3 is 5.97 Å². The first-order valence-corrected chi connectivity index (χ1v) is 6.26. The van der Waals surface area contributed by atoms with Crippen molar-refractivity contribution in [3.63, 3.8) is 0 Å². The topological polar surface area (TPSA) is 93.2 Å². The van der Waals surface area contributed by atoms with Gasteiger partial charge in [-0.1, -0.05) is 0 Å². The molecule has 6 nitrogen and oxygen atoms in total.